The summed E-state index contributed by atoms with van der Waals surface area (Å²) in [6.07, 6.45) is 3.94. The molecule has 4 nitrogen and oxygen atoms in total. The van der Waals surface area contributed by atoms with Crippen LogP contribution in [-0.4, -0.2) is 37.0 Å². The third-order valence-corrected chi connectivity index (χ3v) is 4.90. The summed E-state index contributed by atoms with van der Waals surface area (Å²) in [6.45, 7) is 6.55. The van der Waals surface area contributed by atoms with Crippen molar-refractivity contribution in [3.05, 3.63) is 60.2 Å². The van der Waals surface area contributed by atoms with Gasteiger partial charge in [-0.2, -0.15) is 0 Å². The normalized spacial score (nSPS) is 14.8. The highest BCUT2D eigenvalue weighted by Gasteiger charge is 2.12. The van der Waals surface area contributed by atoms with E-state index in [-0.39, 0.29) is 5.91 Å². The Morgan fingerprint density at radius 1 is 1.04 bits per heavy atom. The maximum atomic E-state index is 12.5. The van der Waals surface area contributed by atoms with E-state index < -0.39 is 0 Å². The average Bonchev–Trinajstić information content (AvgIpc) is 2.68. The van der Waals surface area contributed by atoms with Crippen molar-refractivity contribution in [3.63, 3.8) is 0 Å². The minimum absolute atomic E-state index is 0.0193. The first-order valence-electron chi connectivity index (χ1n) is 9.66. The number of hydrogen-bond donors (Lipinski definition) is 1. The smallest absolute Gasteiger partial charge is 0.243 e. The Morgan fingerprint density at radius 2 is 1.81 bits per heavy atom. The van der Waals surface area contributed by atoms with Crippen LogP contribution in [0.3, 0.4) is 0 Å². The Labute approximate surface area is 156 Å². The quantitative estimate of drug-likeness (QED) is 0.814. The Bertz CT molecular complexity index is 696. The van der Waals surface area contributed by atoms with E-state index in [1.54, 1.807) is 0 Å². The summed E-state index contributed by atoms with van der Waals surface area (Å²) in [6, 6.07) is 18.3. The fraction of sp³-hybridized carbons (Fsp3) is 0.409. The van der Waals surface area contributed by atoms with Gasteiger partial charge in [0.1, 0.15) is 0 Å². The molecule has 1 saturated heterocycles. The third kappa shape index (κ3) is 5.33. The number of carbonyl (C=O) groups is 1. The molecule has 1 amide bonds. The largest absolute Gasteiger partial charge is 0.362 e. The number of likely N-dealkylation sites (tertiary alicyclic amines) is 1. The number of para-hydroxylation sites is 1. The minimum Gasteiger partial charge on any atom is -0.362 e. The molecule has 0 bridgehead atoms. The van der Waals surface area contributed by atoms with Crippen LogP contribution in [0.15, 0.2) is 54.6 Å². The maximum absolute atomic E-state index is 12.5. The van der Waals surface area contributed by atoms with Gasteiger partial charge in [0.15, 0.2) is 0 Å². The van der Waals surface area contributed by atoms with Crippen molar-refractivity contribution in [2.24, 2.45) is 0 Å². The van der Waals surface area contributed by atoms with Crippen molar-refractivity contribution in [1.29, 1.82) is 0 Å². The van der Waals surface area contributed by atoms with Gasteiger partial charge < -0.3 is 10.2 Å². The van der Waals surface area contributed by atoms with Crippen molar-refractivity contribution in [2.45, 2.75) is 32.7 Å². The molecule has 2 aromatic carbocycles. The van der Waals surface area contributed by atoms with Gasteiger partial charge in [-0.25, -0.2) is 0 Å². The van der Waals surface area contributed by atoms with Crippen LogP contribution < -0.4 is 10.2 Å². The fourth-order valence-corrected chi connectivity index (χ4v) is 3.52. The van der Waals surface area contributed by atoms with E-state index in [0.717, 1.165) is 24.5 Å². The molecule has 1 fully saturated rings. The van der Waals surface area contributed by atoms with Gasteiger partial charge in [-0.1, -0.05) is 36.8 Å². The number of nitrogens with zero attached hydrogens (tertiary/aromatic N) is 2. The number of amides is 1. The van der Waals surface area contributed by atoms with Gasteiger partial charge in [0, 0.05) is 24.5 Å². The van der Waals surface area contributed by atoms with Crippen molar-refractivity contribution < 1.29 is 4.79 Å². The molecule has 3 rings (SSSR count). The van der Waals surface area contributed by atoms with Crippen LogP contribution in [0.1, 0.15) is 31.7 Å². The Morgan fingerprint density at radius 3 is 2.54 bits per heavy atom. The second-order valence-corrected chi connectivity index (χ2v) is 6.94. The molecule has 4 heteroatoms. The lowest BCUT2D eigenvalue weighted by molar-refractivity contribution is -0.115. The fourth-order valence-electron chi connectivity index (χ4n) is 3.52. The SMILES string of the molecule is CCN(CC(=O)Nc1cccc(CN2CCCCC2)c1)c1ccccc1. The molecule has 0 atom stereocenters. The molecule has 0 spiro atoms. The molecule has 1 aliphatic heterocycles. The van der Waals surface area contributed by atoms with Crippen LogP contribution in [0.5, 0.6) is 0 Å². The van der Waals surface area contributed by atoms with Gasteiger partial charge in [-0.3, -0.25) is 9.69 Å². The molecule has 26 heavy (non-hydrogen) atoms. The molecule has 1 aliphatic rings. The Balaban J connectivity index is 1.57. The molecular weight excluding hydrogens is 322 g/mol. The second-order valence-electron chi connectivity index (χ2n) is 6.94. The molecule has 1 heterocycles. The molecule has 1 N–H and O–H groups in total. The summed E-state index contributed by atoms with van der Waals surface area (Å²) in [5, 5.41) is 3.05. The number of carbonyl (C=O) groups excluding carboxylic acids is 1. The van der Waals surface area contributed by atoms with Gasteiger partial charge in [-0.05, 0) is 62.7 Å². The number of benzene rings is 2. The topological polar surface area (TPSA) is 35.6 Å². The van der Waals surface area contributed by atoms with E-state index in [1.807, 2.05) is 42.5 Å². The molecular formula is C22H29N3O. The van der Waals surface area contributed by atoms with E-state index in [1.165, 1.54) is 37.9 Å². The van der Waals surface area contributed by atoms with Crippen LogP contribution >= 0.6 is 0 Å². The summed E-state index contributed by atoms with van der Waals surface area (Å²) in [5.74, 6) is 0.0193. The van der Waals surface area contributed by atoms with Crippen molar-refractivity contribution in [3.8, 4) is 0 Å². The standard InChI is InChI=1S/C22H29N3O/c1-2-25(21-12-5-3-6-13-21)18-22(26)23-20-11-9-10-19(16-20)17-24-14-7-4-8-15-24/h3,5-6,9-13,16H,2,4,7-8,14-15,17-18H2,1H3,(H,23,26). The number of hydrogen-bond acceptors (Lipinski definition) is 3. The lowest BCUT2D eigenvalue weighted by Gasteiger charge is -2.26. The highest BCUT2D eigenvalue weighted by Crippen LogP contribution is 2.17. The van der Waals surface area contributed by atoms with Crippen LogP contribution in [0.4, 0.5) is 11.4 Å². The molecule has 0 aromatic heterocycles. The minimum atomic E-state index is 0.0193. The molecule has 0 radical (unpaired) electrons. The van der Waals surface area contributed by atoms with E-state index in [0.29, 0.717) is 6.54 Å². The zero-order valence-corrected chi connectivity index (χ0v) is 15.7. The summed E-state index contributed by atoms with van der Waals surface area (Å²) in [4.78, 5) is 17.1. The number of nitrogens with one attached hydrogen (secondary N) is 1. The zero-order chi connectivity index (χ0) is 18.2. The summed E-state index contributed by atoms with van der Waals surface area (Å²) < 4.78 is 0. The average molecular weight is 351 g/mol. The van der Waals surface area contributed by atoms with Crippen LogP contribution in [0, 0.1) is 0 Å². The number of likely N-dealkylation sites (N-methyl/N-ethyl adjacent to an activating group) is 1. The van der Waals surface area contributed by atoms with Gasteiger partial charge in [0.2, 0.25) is 5.91 Å². The zero-order valence-electron chi connectivity index (χ0n) is 15.7. The van der Waals surface area contributed by atoms with Crippen molar-refractivity contribution in [2.75, 3.05) is 36.4 Å². The van der Waals surface area contributed by atoms with Gasteiger partial charge >= 0.3 is 0 Å². The first-order valence-corrected chi connectivity index (χ1v) is 9.66. The summed E-state index contributed by atoms with van der Waals surface area (Å²) in [7, 11) is 0. The van der Waals surface area contributed by atoms with E-state index in [4.69, 9.17) is 0 Å². The Kier molecular flexibility index (Phi) is 6.67. The molecule has 0 aliphatic carbocycles. The van der Waals surface area contributed by atoms with Crippen LogP contribution in [-0.2, 0) is 11.3 Å². The first kappa shape index (κ1) is 18.5. The lowest BCUT2D eigenvalue weighted by Crippen LogP contribution is -2.33. The van der Waals surface area contributed by atoms with Crippen molar-refractivity contribution >= 4 is 17.3 Å². The van der Waals surface area contributed by atoms with Crippen LogP contribution in [0.25, 0.3) is 0 Å². The molecule has 138 valence electrons. The number of piperidine rings is 1. The summed E-state index contributed by atoms with van der Waals surface area (Å²) >= 11 is 0. The van der Waals surface area contributed by atoms with E-state index in [2.05, 4.69) is 34.2 Å². The van der Waals surface area contributed by atoms with E-state index in [9.17, 15) is 4.79 Å². The molecule has 2 aromatic rings. The number of anilines is 2. The third-order valence-electron chi connectivity index (χ3n) is 4.90. The highest BCUT2D eigenvalue weighted by molar-refractivity contribution is 5.94. The monoisotopic (exact) mass is 351 g/mol. The highest BCUT2D eigenvalue weighted by atomic mass is 16.2. The van der Waals surface area contributed by atoms with E-state index >= 15 is 0 Å². The van der Waals surface area contributed by atoms with Crippen LogP contribution in [0.2, 0.25) is 0 Å². The predicted molar refractivity (Wildman–Crippen MR) is 109 cm³/mol. The lowest BCUT2D eigenvalue weighted by atomic mass is 10.1. The number of rotatable bonds is 7. The second kappa shape index (κ2) is 9.39. The molecule has 0 saturated carbocycles. The van der Waals surface area contributed by atoms with Gasteiger partial charge in [0.25, 0.3) is 0 Å². The maximum Gasteiger partial charge on any atom is 0.243 e. The van der Waals surface area contributed by atoms with Crippen molar-refractivity contribution in [1.82, 2.24) is 4.90 Å². The first-order chi connectivity index (χ1) is 12.7. The summed E-state index contributed by atoms with van der Waals surface area (Å²) in [5.41, 5.74) is 3.22. The predicted octanol–water partition coefficient (Wildman–Crippen LogP) is 4.14. The molecule has 0 unspecified atom stereocenters. The van der Waals surface area contributed by atoms with Gasteiger partial charge in [0.05, 0.1) is 6.54 Å². The van der Waals surface area contributed by atoms with Gasteiger partial charge in [-0.15, -0.1) is 0 Å². The Hall–Kier alpha value is -2.33.